The lowest BCUT2D eigenvalue weighted by molar-refractivity contribution is -0.266. The van der Waals surface area contributed by atoms with Gasteiger partial charge in [0.05, 0.1) is 25.2 Å². The summed E-state index contributed by atoms with van der Waals surface area (Å²) in [5.41, 5.74) is 1.12. The van der Waals surface area contributed by atoms with E-state index in [-0.39, 0.29) is 24.2 Å². The zero-order valence-electron chi connectivity index (χ0n) is 11.5. The van der Waals surface area contributed by atoms with Gasteiger partial charge in [-0.2, -0.15) is 0 Å². The average molecular weight is 299 g/mol. The van der Waals surface area contributed by atoms with Crippen LogP contribution in [0.4, 0.5) is 0 Å². The van der Waals surface area contributed by atoms with Crippen LogP contribution in [0, 0.1) is 0 Å². The molecule has 3 rings (SSSR count). The van der Waals surface area contributed by atoms with Crippen LogP contribution in [0.25, 0.3) is 0 Å². The van der Waals surface area contributed by atoms with Crippen LogP contribution in [0.1, 0.15) is 12.0 Å². The van der Waals surface area contributed by atoms with Gasteiger partial charge in [0.25, 0.3) is 0 Å². The zero-order chi connectivity index (χ0) is 14.0. The van der Waals surface area contributed by atoms with Gasteiger partial charge in [-0.05, 0) is 5.56 Å². The third-order valence-corrected chi connectivity index (χ3v) is 4.35. The Morgan fingerprint density at radius 3 is 2.85 bits per heavy atom. The van der Waals surface area contributed by atoms with Gasteiger partial charge in [0.1, 0.15) is 12.2 Å². The monoisotopic (exact) mass is 298 g/mol. The molecule has 4 atom stereocenters. The van der Waals surface area contributed by atoms with E-state index in [9.17, 15) is 0 Å². The Balaban J connectivity index is 1.69. The Morgan fingerprint density at radius 2 is 2.15 bits per heavy atom. The third-order valence-electron chi connectivity index (χ3n) is 3.98. The van der Waals surface area contributed by atoms with E-state index in [4.69, 9.17) is 30.5 Å². The first-order valence-corrected chi connectivity index (χ1v) is 7.37. The van der Waals surface area contributed by atoms with Gasteiger partial charge < -0.3 is 18.9 Å². The summed E-state index contributed by atoms with van der Waals surface area (Å²) in [6.45, 7) is 1.02. The predicted octanol–water partition coefficient (Wildman–Crippen LogP) is 2.34. The van der Waals surface area contributed by atoms with Crippen LogP contribution in [0.3, 0.4) is 0 Å². The summed E-state index contributed by atoms with van der Waals surface area (Å²) >= 11 is 6.06. The van der Waals surface area contributed by atoms with Gasteiger partial charge in [0.2, 0.25) is 5.79 Å². The minimum atomic E-state index is -0.823. The van der Waals surface area contributed by atoms with Crippen LogP contribution >= 0.6 is 11.6 Å². The fourth-order valence-corrected chi connectivity index (χ4v) is 3.12. The molecule has 4 nitrogen and oxygen atoms in total. The lowest BCUT2D eigenvalue weighted by Crippen LogP contribution is -2.54. The molecule has 2 aliphatic heterocycles. The topological polar surface area (TPSA) is 36.9 Å². The van der Waals surface area contributed by atoms with Crippen molar-refractivity contribution in [2.75, 3.05) is 19.6 Å². The summed E-state index contributed by atoms with van der Waals surface area (Å²) in [6.07, 6.45) is 0.467. The number of hydrogen-bond donors (Lipinski definition) is 0. The van der Waals surface area contributed by atoms with Crippen LogP contribution in [-0.2, 0) is 25.6 Å². The molecule has 20 heavy (non-hydrogen) atoms. The largest absolute Gasteiger partial charge is 0.379 e. The molecule has 0 N–H and O–H groups in total. The molecule has 110 valence electrons. The van der Waals surface area contributed by atoms with E-state index in [1.165, 1.54) is 0 Å². The predicted molar refractivity (Wildman–Crippen MR) is 74.7 cm³/mol. The highest BCUT2D eigenvalue weighted by Gasteiger charge is 2.55. The summed E-state index contributed by atoms with van der Waals surface area (Å²) in [7, 11) is 1.69. The maximum absolute atomic E-state index is 6.06. The van der Waals surface area contributed by atoms with E-state index in [0.717, 1.165) is 12.0 Å². The van der Waals surface area contributed by atoms with Crippen LogP contribution in [-0.4, -0.2) is 43.7 Å². The minimum Gasteiger partial charge on any atom is -0.379 e. The maximum atomic E-state index is 6.06. The second-order valence-corrected chi connectivity index (χ2v) is 5.48. The number of halogens is 1. The molecule has 2 saturated heterocycles. The molecule has 0 radical (unpaired) electrons. The van der Waals surface area contributed by atoms with Crippen molar-refractivity contribution in [3.8, 4) is 0 Å². The fourth-order valence-electron chi connectivity index (χ4n) is 2.81. The van der Waals surface area contributed by atoms with Crippen molar-refractivity contribution in [1.82, 2.24) is 0 Å². The van der Waals surface area contributed by atoms with E-state index in [2.05, 4.69) is 0 Å². The summed E-state index contributed by atoms with van der Waals surface area (Å²) in [4.78, 5) is 0. The van der Waals surface area contributed by atoms with Gasteiger partial charge in [-0.25, -0.2) is 0 Å². The molecule has 0 saturated carbocycles. The second kappa shape index (κ2) is 6.00. The summed E-state index contributed by atoms with van der Waals surface area (Å²) in [5.74, 6) is -0.560. The van der Waals surface area contributed by atoms with E-state index >= 15 is 0 Å². The number of ether oxygens (including phenoxy) is 4. The van der Waals surface area contributed by atoms with Crippen molar-refractivity contribution in [2.24, 2.45) is 0 Å². The van der Waals surface area contributed by atoms with Gasteiger partial charge in [0, 0.05) is 13.5 Å². The lowest BCUT2D eigenvalue weighted by atomic mass is 9.98. The number of fused-ring (bicyclic) bond motifs is 2. The van der Waals surface area contributed by atoms with Crippen molar-refractivity contribution in [1.29, 1.82) is 0 Å². The molecule has 0 amide bonds. The number of rotatable bonds is 5. The summed E-state index contributed by atoms with van der Waals surface area (Å²) in [5, 5.41) is 0. The van der Waals surface area contributed by atoms with Gasteiger partial charge in [-0.3, -0.25) is 0 Å². The highest BCUT2D eigenvalue weighted by Crippen LogP contribution is 2.40. The van der Waals surface area contributed by atoms with Crippen LogP contribution in [0.2, 0.25) is 0 Å². The van der Waals surface area contributed by atoms with Gasteiger partial charge in [-0.15, -0.1) is 11.6 Å². The molecule has 0 aliphatic carbocycles. The van der Waals surface area contributed by atoms with Crippen molar-refractivity contribution in [2.45, 2.75) is 37.1 Å². The number of benzene rings is 1. The molecule has 1 aromatic rings. The molecule has 2 bridgehead atoms. The average Bonchev–Trinajstić information content (AvgIpc) is 2.89. The standard InChI is InChI=1S/C15H19ClO4/c1-17-12-7-14(15(10-16)19-9-13(12)20-15)18-8-11-5-3-2-4-6-11/h2-6,12-14H,7-10H2,1H3/t12-,13+,14+,15?/m1/s1. The highest BCUT2D eigenvalue weighted by molar-refractivity contribution is 6.18. The first-order chi connectivity index (χ1) is 9.77. The van der Waals surface area contributed by atoms with E-state index in [1.54, 1.807) is 7.11 Å². The molecule has 5 heteroatoms. The number of hydrogen-bond acceptors (Lipinski definition) is 4. The van der Waals surface area contributed by atoms with Gasteiger partial charge >= 0.3 is 0 Å². The quantitative estimate of drug-likeness (QED) is 0.782. The van der Waals surface area contributed by atoms with E-state index in [1.807, 2.05) is 30.3 Å². The smallest absolute Gasteiger partial charge is 0.209 e. The Hall–Kier alpha value is -0.650. The first kappa shape index (κ1) is 14.3. The van der Waals surface area contributed by atoms with Gasteiger partial charge in [0.15, 0.2) is 0 Å². The lowest BCUT2D eigenvalue weighted by Gasteiger charge is -2.40. The molecular weight excluding hydrogens is 280 g/mol. The van der Waals surface area contributed by atoms with Crippen LogP contribution in [0.15, 0.2) is 30.3 Å². The van der Waals surface area contributed by atoms with Crippen molar-refractivity contribution < 1.29 is 18.9 Å². The molecule has 2 heterocycles. The maximum Gasteiger partial charge on any atom is 0.209 e. The zero-order valence-corrected chi connectivity index (χ0v) is 12.2. The second-order valence-electron chi connectivity index (χ2n) is 5.21. The summed E-state index contributed by atoms with van der Waals surface area (Å²) < 4.78 is 23.2. The van der Waals surface area contributed by atoms with Crippen molar-refractivity contribution >= 4 is 11.6 Å². The molecule has 1 unspecified atom stereocenters. The Morgan fingerprint density at radius 1 is 1.35 bits per heavy atom. The Bertz CT molecular complexity index is 441. The number of methoxy groups -OCH3 is 1. The normalized spacial score (nSPS) is 36.2. The molecule has 2 aliphatic rings. The third kappa shape index (κ3) is 2.59. The van der Waals surface area contributed by atoms with Gasteiger partial charge in [-0.1, -0.05) is 30.3 Å². The van der Waals surface area contributed by atoms with Crippen LogP contribution in [0.5, 0.6) is 0 Å². The van der Waals surface area contributed by atoms with Crippen molar-refractivity contribution in [3.63, 3.8) is 0 Å². The number of alkyl halides is 1. The van der Waals surface area contributed by atoms with Crippen molar-refractivity contribution in [3.05, 3.63) is 35.9 Å². The minimum absolute atomic E-state index is 0.00499. The van der Waals surface area contributed by atoms with E-state index < -0.39 is 5.79 Å². The molecule has 0 aromatic heterocycles. The molecule has 1 aromatic carbocycles. The van der Waals surface area contributed by atoms with E-state index in [0.29, 0.717) is 13.2 Å². The highest BCUT2D eigenvalue weighted by atomic mass is 35.5. The fraction of sp³-hybridized carbons (Fsp3) is 0.600. The molecule has 0 spiro atoms. The van der Waals surface area contributed by atoms with Crippen LogP contribution < -0.4 is 0 Å². The molecule has 2 fully saturated rings. The Labute approximate surface area is 123 Å². The first-order valence-electron chi connectivity index (χ1n) is 6.83. The SMILES string of the molecule is CO[C@@H]1C[C@H](OCc2ccccc2)C2(CCl)OC[C@@H]1O2. The Kier molecular flexibility index (Phi) is 4.29. The summed E-state index contributed by atoms with van der Waals surface area (Å²) in [6, 6.07) is 10.0. The molecular formula is C15H19ClO4.